The Bertz CT molecular complexity index is 833. The summed E-state index contributed by atoms with van der Waals surface area (Å²) in [5.74, 6) is 2.13. The van der Waals surface area contributed by atoms with E-state index in [1.165, 1.54) is 5.56 Å². The van der Waals surface area contributed by atoms with Crippen molar-refractivity contribution in [3.05, 3.63) is 41.3 Å². The van der Waals surface area contributed by atoms with Gasteiger partial charge in [0.2, 0.25) is 0 Å². The van der Waals surface area contributed by atoms with Crippen molar-refractivity contribution < 1.29 is 14.3 Å². The summed E-state index contributed by atoms with van der Waals surface area (Å²) in [7, 11) is 3.25. The van der Waals surface area contributed by atoms with E-state index in [-0.39, 0.29) is 5.91 Å². The number of ether oxygens (including phenoxy) is 2. The van der Waals surface area contributed by atoms with Crippen LogP contribution in [0, 0.1) is 0 Å². The van der Waals surface area contributed by atoms with Gasteiger partial charge in [-0.05, 0) is 42.5 Å². The van der Waals surface area contributed by atoms with Gasteiger partial charge in [0.25, 0.3) is 5.91 Å². The molecule has 7 heteroatoms. The second-order valence-electron chi connectivity index (χ2n) is 7.20. The number of anilines is 1. The lowest BCUT2D eigenvalue weighted by Crippen LogP contribution is -2.36. The maximum absolute atomic E-state index is 13.0. The van der Waals surface area contributed by atoms with Crippen LogP contribution in [0.15, 0.2) is 24.5 Å². The van der Waals surface area contributed by atoms with Crippen molar-refractivity contribution in [1.29, 1.82) is 0 Å². The molecule has 1 aromatic heterocycles. The molecule has 0 atom stereocenters. The summed E-state index contributed by atoms with van der Waals surface area (Å²) in [5.41, 5.74) is 2.64. The Morgan fingerprint density at radius 3 is 2.24 bits per heavy atom. The van der Waals surface area contributed by atoms with Crippen molar-refractivity contribution in [3.63, 3.8) is 0 Å². The van der Waals surface area contributed by atoms with E-state index in [1.807, 2.05) is 17.0 Å². The van der Waals surface area contributed by atoms with Gasteiger partial charge in [-0.1, -0.05) is 13.8 Å². The van der Waals surface area contributed by atoms with Crippen LogP contribution in [-0.4, -0.2) is 54.6 Å². The van der Waals surface area contributed by atoms with E-state index in [9.17, 15) is 4.79 Å². The molecule has 29 heavy (non-hydrogen) atoms. The van der Waals surface area contributed by atoms with E-state index >= 15 is 0 Å². The minimum Gasteiger partial charge on any atom is -0.493 e. The Kier molecular flexibility index (Phi) is 6.90. The summed E-state index contributed by atoms with van der Waals surface area (Å²) in [4.78, 5) is 25.9. The third kappa shape index (κ3) is 4.60. The van der Waals surface area contributed by atoms with Gasteiger partial charge in [0, 0.05) is 26.2 Å². The van der Waals surface area contributed by atoms with Crippen LogP contribution in [0.3, 0.4) is 0 Å². The first kappa shape index (κ1) is 20.9. The number of aromatic nitrogens is 2. The van der Waals surface area contributed by atoms with Crippen LogP contribution >= 0.6 is 0 Å². The molecule has 0 radical (unpaired) electrons. The molecular weight excluding hydrogens is 368 g/mol. The highest BCUT2D eigenvalue weighted by Gasteiger charge is 2.25. The van der Waals surface area contributed by atoms with Gasteiger partial charge in [0.15, 0.2) is 11.5 Å². The minimum atomic E-state index is -0.0954. The molecule has 156 valence electrons. The summed E-state index contributed by atoms with van der Waals surface area (Å²) in [6.45, 7) is 7.33. The summed E-state index contributed by atoms with van der Waals surface area (Å²) < 4.78 is 10.8. The fourth-order valence-electron chi connectivity index (χ4n) is 3.69. The first-order valence-corrected chi connectivity index (χ1v) is 10.2. The maximum atomic E-state index is 13.0. The van der Waals surface area contributed by atoms with Crippen molar-refractivity contribution in [1.82, 2.24) is 14.9 Å². The molecule has 7 nitrogen and oxygen atoms in total. The largest absolute Gasteiger partial charge is 0.493 e. The Balaban J connectivity index is 1.74. The van der Waals surface area contributed by atoms with Gasteiger partial charge in [0.1, 0.15) is 11.5 Å². The number of carbonyl (C=O) groups is 1. The minimum absolute atomic E-state index is 0.0954. The quantitative estimate of drug-likeness (QED) is 0.680. The average molecular weight is 399 g/mol. The number of benzene rings is 1. The monoisotopic (exact) mass is 398 g/mol. The van der Waals surface area contributed by atoms with E-state index in [0.29, 0.717) is 24.5 Å². The summed E-state index contributed by atoms with van der Waals surface area (Å²) in [6.07, 6.45) is 6.17. The van der Waals surface area contributed by atoms with Crippen LogP contribution in [0.5, 0.6) is 11.5 Å². The van der Waals surface area contributed by atoms with Crippen LogP contribution in [0.4, 0.5) is 5.82 Å². The van der Waals surface area contributed by atoms with Crippen molar-refractivity contribution >= 4 is 11.7 Å². The number of hydrogen-bond acceptors (Lipinski definition) is 6. The van der Waals surface area contributed by atoms with Crippen molar-refractivity contribution in [2.45, 2.75) is 39.7 Å². The second-order valence-corrected chi connectivity index (χ2v) is 7.20. The fraction of sp³-hybridized carbons (Fsp3) is 0.500. The lowest BCUT2D eigenvalue weighted by atomic mass is 9.98. The highest BCUT2D eigenvalue weighted by atomic mass is 16.5. The SMILES string of the molecule is CCCN(CCC)c1cnc(C(=O)N2CCc3cc(OC)c(OC)cc3C2)cn1. The van der Waals surface area contributed by atoms with E-state index in [4.69, 9.17) is 9.47 Å². The number of methoxy groups -OCH3 is 2. The van der Waals surface area contributed by atoms with Gasteiger partial charge < -0.3 is 19.3 Å². The molecule has 2 aromatic rings. The first-order valence-electron chi connectivity index (χ1n) is 10.2. The molecule has 2 heterocycles. The molecule has 1 aliphatic rings. The standard InChI is InChI=1S/C22H30N4O3/c1-5-8-25(9-6-2)21-14-23-18(13-24-21)22(27)26-10-7-16-11-19(28-3)20(29-4)12-17(16)15-26/h11-14H,5-10,15H2,1-4H3. The summed E-state index contributed by atoms with van der Waals surface area (Å²) >= 11 is 0. The highest BCUT2D eigenvalue weighted by Crippen LogP contribution is 2.33. The number of nitrogens with zero attached hydrogens (tertiary/aromatic N) is 4. The molecule has 0 saturated heterocycles. The molecule has 0 unspecified atom stereocenters. The molecule has 0 aliphatic carbocycles. The lowest BCUT2D eigenvalue weighted by molar-refractivity contribution is 0.0728. The van der Waals surface area contributed by atoms with Gasteiger partial charge in [-0.2, -0.15) is 0 Å². The molecular formula is C22H30N4O3. The zero-order valence-corrected chi connectivity index (χ0v) is 17.8. The van der Waals surface area contributed by atoms with Crippen molar-refractivity contribution in [2.24, 2.45) is 0 Å². The second kappa shape index (κ2) is 9.58. The Labute approximate surface area is 172 Å². The number of rotatable bonds is 8. The van der Waals surface area contributed by atoms with Crippen LogP contribution < -0.4 is 14.4 Å². The Hall–Kier alpha value is -2.83. The molecule has 0 N–H and O–H groups in total. The summed E-state index contributed by atoms with van der Waals surface area (Å²) in [5, 5.41) is 0. The molecule has 1 aromatic carbocycles. The van der Waals surface area contributed by atoms with E-state index in [2.05, 4.69) is 28.7 Å². The Morgan fingerprint density at radius 1 is 1.03 bits per heavy atom. The van der Waals surface area contributed by atoms with Crippen LogP contribution in [0.2, 0.25) is 0 Å². The molecule has 1 amide bonds. The van der Waals surface area contributed by atoms with Gasteiger partial charge in [0.05, 0.1) is 26.6 Å². The molecule has 0 bridgehead atoms. The first-order chi connectivity index (χ1) is 14.1. The lowest BCUT2D eigenvalue weighted by Gasteiger charge is -2.29. The predicted molar refractivity (Wildman–Crippen MR) is 113 cm³/mol. The summed E-state index contributed by atoms with van der Waals surface area (Å²) in [6, 6.07) is 3.95. The third-order valence-electron chi connectivity index (χ3n) is 5.17. The predicted octanol–water partition coefficient (Wildman–Crippen LogP) is 3.32. The van der Waals surface area contributed by atoms with Crippen LogP contribution in [0.1, 0.15) is 48.3 Å². The maximum Gasteiger partial charge on any atom is 0.274 e. The zero-order valence-electron chi connectivity index (χ0n) is 17.8. The van der Waals surface area contributed by atoms with E-state index < -0.39 is 0 Å². The van der Waals surface area contributed by atoms with Crippen LogP contribution in [0.25, 0.3) is 0 Å². The zero-order chi connectivity index (χ0) is 20.8. The molecule has 0 saturated carbocycles. The Morgan fingerprint density at radius 2 is 1.69 bits per heavy atom. The normalized spacial score (nSPS) is 13.0. The van der Waals surface area contributed by atoms with Crippen molar-refractivity contribution in [3.8, 4) is 11.5 Å². The number of hydrogen-bond donors (Lipinski definition) is 0. The van der Waals surface area contributed by atoms with E-state index in [0.717, 1.165) is 49.5 Å². The van der Waals surface area contributed by atoms with E-state index in [1.54, 1.807) is 26.6 Å². The topological polar surface area (TPSA) is 67.8 Å². The third-order valence-corrected chi connectivity index (χ3v) is 5.17. The average Bonchev–Trinajstić information content (AvgIpc) is 2.77. The number of fused-ring (bicyclic) bond motifs is 1. The molecule has 3 rings (SSSR count). The van der Waals surface area contributed by atoms with Crippen molar-refractivity contribution in [2.75, 3.05) is 38.8 Å². The highest BCUT2D eigenvalue weighted by molar-refractivity contribution is 5.92. The molecule has 1 aliphatic heterocycles. The van der Waals surface area contributed by atoms with Crippen LogP contribution in [-0.2, 0) is 13.0 Å². The van der Waals surface area contributed by atoms with Gasteiger partial charge >= 0.3 is 0 Å². The molecule has 0 fully saturated rings. The number of carbonyl (C=O) groups excluding carboxylic acids is 1. The van der Waals surface area contributed by atoms with Gasteiger partial charge in [-0.25, -0.2) is 9.97 Å². The number of amides is 1. The van der Waals surface area contributed by atoms with Gasteiger partial charge in [-0.15, -0.1) is 0 Å². The fourth-order valence-corrected chi connectivity index (χ4v) is 3.69. The molecule has 0 spiro atoms. The smallest absolute Gasteiger partial charge is 0.274 e. The van der Waals surface area contributed by atoms with Gasteiger partial charge in [-0.3, -0.25) is 4.79 Å².